The van der Waals surface area contributed by atoms with Gasteiger partial charge < -0.3 is 15.2 Å². The highest BCUT2D eigenvalue weighted by atomic mass is 16.5. The van der Waals surface area contributed by atoms with Crippen LogP contribution >= 0.6 is 0 Å². The second kappa shape index (κ2) is 7.62. The molecule has 0 aliphatic heterocycles. The molecule has 124 valence electrons. The van der Waals surface area contributed by atoms with Crippen molar-refractivity contribution in [3.05, 3.63) is 65.7 Å². The minimum absolute atomic E-state index is 0.0712. The number of ether oxygens (including phenoxy) is 1. The maximum absolute atomic E-state index is 12.2. The standard InChI is InChI=1S/C19H20N2O3/c1-14(24-17-10-6-7-15(11-17)12-20)18(22)21-13-19(2,23)16-8-4-3-5-9-16/h3-11,14,23H,13H2,1-2H3,(H,21,22). The van der Waals surface area contributed by atoms with Crippen molar-refractivity contribution in [3.63, 3.8) is 0 Å². The van der Waals surface area contributed by atoms with E-state index in [2.05, 4.69) is 5.32 Å². The molecule has 0 spiro atoms. The van der Waals surface area contributed by atoms with Gasteiger partial charge >= 0.3 is 0 Å². The minimum Gasteiger partial charge on any atom is -0.481 e. The normalized spacial score (nSPS) is 14.1. The Bertz CT molecular complexity index is 736. The first-order valence-corrected chi connectivity index (χ1v) is 7.65. The summed E-state index contributed by atoms with van der Waals surface area (Å²) in [5.41, 5.74) is 0.0184. The van der Waals surface area contributed by atoms with Gasteiger partial charge in [-0.05, 0) is 37.6 Å². The molecule has 0 aliphatic rings. The first-order valence-electron chi connectivity index (χ1n) is 7.65. The lowest BCUT2D eigenvalue weighted by Crippen LogP contribution is -2.43. The number of benzene rings is 2. The lowest BCUT2D eigenvalue weighted by atomic mass is 9.96. The summed E-state index contributed by atoms with van der Waals surface area (Å²) in [4.78, 5) is 12.2. The molecule has 0 aliphatic carbocycles. The van der Waals surface area contributed by atoms with Crippen LogP contribution < -0.4 is 10.1 Å². The van der Waals surface area contributed by atoms with Crippen LogP contribution in [0.3, 0.4) is 0 Å². The Balaban J connectivity index is 1.93. The van der Waals surface area contributed by atoms with E-state index in [1.807, 2.05) is 24.3 Å². The largest absolute Gasteiger partial charge is 0.481 e. The molecule has 0 saturated carbocycles. The van der Waals surface area contributed by atoms with Crippen molar-refractivity contribution in [1.29, 1.82) is 5.26 Å². The van der Waals surface area contributed by atoms with Gasteiger partial charge in [-0.1, -0.05) is 36.4 Å². The van der Waals surface area contributed by atoms with Gasteiger partial charge in [0.15, 0.2) is 6.10 Å². The molecule has 0 aromatic heterocycles. The summed E-state index contributed by atoms with van der Waals surface area (Å²) in [5.74, 6) is 0.111. The Kier molecular flexibility index (Phi) is 5.56. The van der Waals surface area contributed by atoms with Crippen LogP contribution in [-0.4, -0.2) is 23.7 Å². The smallest absolute Gasteiger partial charge is 0.260 e. The topological polar surface area (TPSA) is 82.3 Å². The molecule has 0 bridgehead atoms. The Hall–Kier alpha value is -2.84. The molecule has 0 radical (unpaired) electrons. The lowest BCUT2D eigenvalue weighted by Gasteiger charge is -2.25. The third kappa shape index (κ3) is 4.58. The van der Waals surface area contributed by atoms with E-state index >= 15 is 0 Å². The van der Waals surface area contributed by atoms with Gasteiger partial charge in [0.05, 0.1) is 18.2 Å². The predicted molar refractivity (Wildman–Crippen MR) is 90.3 cm³/mol. The van der Waals surface area contributed by atoms with Gasteiger partial charge in [0.25, 0.3) is 5.91 Å². The fourth-order valence-corrected chi connectivity index (χ4v) is 2.20. The predicted octanol–water partition coefficient (Wildman–Crippen LogP) is 2.35. The number of hydrogen-bond acceptors (Lipinski definition) is 4. The number of nitrogens with one attached hydrogen (secondary N) is 1. The van der Waals surface area contributed by atoms with Crippen LogP contribution in [0.2, 0.25) is 0 Å². The minimum atomic E-state index is -1.17. The number of carbonyl (C=O) groups is 1. The lowest BCUT2D eigenvalue weighted by molar-refractivity contribution is -0.128. The average Bonchev–Trinajstić information content (AvgIpc) is 2.60. The summed E-state index contributed by atoms with van der Waals surface area (Å²) < 4.78 is 5.54. The third-order valence-corrected chi connectivity index (χ3v) is 3.65. The summed E-state index contributed by atoms with van der Waals surface area (Å²) in [6.07, 6.45) is -0.745. The first kappa shape index (κ1) is 17.5. The number of nitriles is 1. The number of hydrogen-bond donors (Lipinski definition) is 2. The van der Waals surface area contributed by atoms with Crippen LogP contribution in [0, 0.1) is 11.3 Å². The van der Waals surface area contributed by atoms with Gasteiger partial charge in [0.2, 0.25) is 0 Å². The molecular formula is C19H20N2O3. The highest BCUT2D eigenvalue weighted by Crippen LogP contribution is 2.19. The van der Waals surface area contributed by atoms with Crippen molar-refractivity contribution in [2.45, 2.75) is 25.6 Å². The van der Waals surface area contributed by atoms with E-state index in [1.54, 1.807) is 50.2 Å². The van der Waals surface area contributed by atoms with Gasteiger partial charge in [0.1, 0.15) is 11.4 Å². The Morgan fingerprint density at radius 2 is 2.00 bits per heavy atom. The van der Waals surface area contributed by atoms with Crippen LogP contribution in [0.15, 0.2) is 54.6 Å². The van der Waals surface area contributed by atoms with Gasteiger partial charge in [-0.25, -0.2) is 0 Å². The molecule has 5 heteroatoms. The van der Waals surface area contributed by atoms with Crippen LogP contribution in [-0.2, 0) is 10.4 Å². The van der Waals surface area contributed by atoms with E-state index in [9.17, 15) is 9.90 Å². The SMILES string of the molecule is CC(Oc1cccc(C#N)c1)C(=O)NCC(C)(O)c1ccccc1. The second-order valence-electron chi connectivity index (χ2n) is 5.76. The first-order chi connectivity index (χ1) is 11.4. The summed E-state index contributed by atoms with van der Waals surface area (Å²) in [6.45, 7) is 3.33. The summed E-state index contributed by atoms with van der Waals surface area (Å²) >= 11 is 0. The zero-order valence-corrected chi connectivity index (χ0v) is 13.7. The monoisotopic (exact) mass is 324 g/mol. The molecule has 2 aromatic carbocycles. The molecule has 0 saturated heterocycles. The second-order valence-corrected chi connectivity index (χ2v) is 5.76. The highest BCUT2D eigenvalue weighted by molar-refractivity contribution is 5.80. The number of rotatable bonds is 6. The molecule has 2 rings (SSSR count). The van der Waals surface area contributed by atoms with Crippen LogP contribution in [0.5, 0.6) is 5.75 Å². The molecule has 2 atom stereocenters. The van der Waals surface area contributed by atoms with Crippen LogP contribution in [0.1, 0.15) is 25.0 Å². The number of amides is 1. The summed E-state index contributed by atoms with van der Waals surface area (Å²) in [7, 11) is 0. The van der Waals surface area contributed by atoms with Crippen molar-refractivity contribution >= 4 is 5.91 Å². The van der Waals surface area contributed by atoms with E-state index in [0.717, 1.165) is 5.56 Å². The Morgan fingerprint density at radius 3 is 2.67 bits per heavy atom. The average molecular weight is 324 g/mol. The van der Waals surface area contributed by atoms with Crippen molar-refractivity contribution in [1.82, 2.24) is 5.32 Å². The van der Waals surface area contributed by atoms with Crippen molar-refractivity contribution in [2.24, 2.45) is 0 Å². The summed E-state index contributed by atoms with van der Waals surface area (Å²) in [6, 6.07) is 17.8. The molecule has 0 fully saturated rings. The molecule has 2 unspecified atom stereocenters. The Morgan fingerprint density at radius 1 is 1.29 bits per heavy atom. The fourth-order valence-electron chi connectivity index (χ4n) is 2.20. The molecule has 1 amide bonds. The third-order valence-electron chi connectivity index (χ3n) is 3.65. The summed E-state index contributed by atoms with van der Waals surface area (Å²) in [5, 5.41) is 22.0. The zero-order valence-electron chi connectivity index (χ0n) is 13.7. The zero-order chi connectivity index (χ0) is 17.6. The maximum atomic E-state index is 12.2. The van der Waals surface area contributed by atoms with E-state index in [1.165, 1.54) is 0 Å². The van der Waals surface area contributed by atoms with E-state index in [-0.39, 0.29) is 12.5 Å². The molecule has 2 aromatic rings. The quantitative estimate of drug-likeness (QED) is 0.854. The van der Waals surface area contributed by atoms with Crippen molar-refractivity contribution in [3.8, 4) is 11.8 Å². The molecule has 24 heavy (non-hydrogen) atoms. The molecule has 5 nitrogen and oxygen atoms in total. The van der Waals surface area contributed by atoms with Crippen molar-refractivity contribution in [2.75, 3.05) is 6.54 Å². The van der Waals surface area contributed by atoms with Gasteiger partial charge in [-0.3, -0.25) is 4.79 Å². The Labute approximate surface area is 141 Å². The number of nitrogens with zero attached hydrogens (tertiary/aromatic N) is 1. The molecule has 2 N–H and O–H groups in total. The number of carbonyl (C=O) groups excluding carboxylic acids is 1. The van der Waals surface area contributed by atoms with E-state index in [0.29, 0.717) is 11.3 Å². The van der Waals surface area contributed by atoms with Crippen molar-refractivity contribution < 1.29 is 14.6 Å². The molecular weight excluding hydrogens is 304 g/mol. The highest BCUT2D eigenvalue weighted by Gasteiger charge is 2.25. The fraction of sp³-hybridized carbons (Fsp3) is 0.263. The maximum Gasteiger partial charge on any atom is 0.260 e. The van der Waals surface area contributed by atoms with Crippen LogP contribution in [0.25, 0.3) is 0 Å². The van der Waals surface area contributed by atoms with Gasteiger partial charge in [-0.2, -0.15) is 5.26 Å². The van der Waals surface area contributed by atoms with Gasteiger partial charge in [-0.15, -0.1) is 0 Å². The number of aliphatic hydroxyl groups is 1. The van der Waals surface area contributed by atoms with E-state index in [4.69, 9.17) is 10.00 Å². The van der Waals surface area contributed by atoms with Gasteiger partial charge in [0, 0.05) is 0 Å². The van der Waals surface area contributed by atoms with Crippen LogP contribution in [0.4, 0.5) is 0 Å². The molecule has 0 heterocycles. The van der Waals surface area contributed by atoms with E-state index < -0.39 is 11.7 Å².